The summed E-state index contributed by atoms with van der Waals surface area (Å²) in [6.07, 6.45) is 6.52. The molecule has 4 rings (SSSR count). The maximum Gasteiger partial charge on any atom is 0.0709 e. The largest absolute Gasteiger partial charge is 0.309 e. The molecular weight excluding hydrogens is 256 g/mol. The molecule has 0 N–H and O–H groups in total. The molecule has 0 amide bonds. The lowest BCUT2D eigenvalue weighted by molar-refractivity contribution is 0.261. The van der Waals surface area contributed by atoms with Crippen molar-refractivity contribution in [3.8, 4) is 0 Å². The Bertz CT molecular complexity index is 716. The summed E-state index contributed by atoms with van der Waals surface area (Å²) in [5.74, 6) is 0.721. The molecular formula is C19H22N2. The predicted molar refractivity (Wildman–Crippen MR) is 88.0 cm³/mol. The average molecular weight is 278 g/mol. The van der Waals surface area contributed by atoms with Gasteiger partial charge in [0, 0.05) is 17.3 Å². The number of pyridine rings is 1. The van der Waals surface area contributed by atoms with Crippen LogP contribution in [0.1, 0.15) is 25.0 Å². The summed E-state index contributed by atoms with van der Waals surface area (Å²) in [7, 11) is 4.37. The lowest BCUT2D eigenvalue weighted by Crippen LogP contribution is -2.28. The van der Waals surface area contributed by atoms with Gasteiger partial charge in [0.15, 0.2) is 0 Å². The van der Waals surface area contributed by atoms with E-state index in [9.17, 15) is 0 Å². The van der Waals surface area contributed by atoms with Crippen molar-refractivity contribution in [2.24, 2.45) is 11.3 Å². The van der Waals surface area contributed by atoms with Crippen LogP contribution in [-0.4, -0.2) is 30.5 Å². The molecule has 21 heavy (non-hydrogen) atoms. The minimum Gasteiger partial charge on any atom is -0.309 e. The van der Waals surface area contributed by atoms with Crippen LogP contribution in [0.4, 0.5) is 0 Å². The molecule has 2 aromatic rings. The van der Waals surface area contributed by atoms with E-state index >= 15 is 0 Å². The second-order valence-corrected chi connectivity index (χ2v) is 7.03. The summed E-state index contributed by atoms with van der Waals surface area (Å²) in [6, 6.07) is 12.8. The monoisotopic (exact) mass is 278 g/mol. The fourth-order valence-electron chi connectivity index (χ4n) is 4.33. The van der Waals surface area contributed by atoms with E-state index in [4.69, 9.17) is 4.98 Å². The lowest BCUT2D eigenvalue weighted by Gasteiger charge is -2.27. The van der Waals surface area contributed by atoms with Crippen LogP contribution in [-0.2, 0) is 0 Å². The SMILES string of the molecule is CN(C)CC12C=C(c3ccc4ccccc4n3)C(CC1)C2. The van der Waals surface area contributed by atoms with E-state index in [-0.39, 0.29) is 0 Å². The molecule has 0 saturated heterocycles. The summed E-state index contributed by atoms with van der Waals surface area (Å²) in [4.78, 5) is 7.23. The molecule has 2 heteroatoms. The van der Waals surface area contributed by atoms with Crippen molar-refractivity contribution in [1.29, 1.82) is 0 Å². The van der Waals surface area contributed by atoms with Gasteiger partial charge in [-0.2, -0.15) is 0 Å². The molecule has 108 valence electrons. The average Bonchev–Trinajstić information content (AvgIpc) is 3.03. The lowest BCUT2D eigenvalue weighted by atomic mass is 9.86. The van der Waals surface area contributed by atoms with E-state index in [1.54, 1.807) is 0 Å². The molecule has 2 aliphatic rings. The van der Waals surface area contributed by atoms with Crippen molar-refractivity contribution in [3.63, 3.8) is 0 Å². The normalized spacial score (nSPS) is 27.6. The van der Waals surface area contributed by atoms with Gasteiger partial charge >= 0.3 is 0 Å². The standard InChI is InChI=1S/C19H22N2/c1-21(2)13-19-10-9-15(11-19)16(12-19)18-8-7-14-5-3-4-6-17(14)20-18/h3-8,12,15H,9-11,13H2,1-2H3. The molecule has 2 nitrogen and oxygen atoms in total. The first kappa shape index (κ1) is 13.0. The molecule has 2 atom stereocenters. The van der Waals surface area contributed by atoms with Gasteiger partial charge in [-0.05, 0) is 57.0 Å². The number of para-hydroxylation sites is 1. The molecule has 1 aromatic carbocycles. The Hall–Kier alpha value is -1.67. The first-order chi connectivity index (χ1) is 10.2. The Morgan fingerprint density at radius 2 is 2.05 bits per heavy atom. The van der Waals surface area contributed by atoms with Crippen LogP contribution < -0.4 is 0 Å². The van der Waals surface area contributed by atoms with E-state index in [1.165, 1.54) is 42.5 Å². The molecule has 0 spiro atoms. The Morgan fingerprint density at radius 1 is 1.19 bits per heavy atom. The van der Waals surface area contributed by atoms with Crippen LogP contribution in [0.25, 0.3) is 16.5 Å². The zero-order valence-electron chi connectivity index (χ0n) is 12.8. The summed E-state index contributed by atoms with van der Waals surface area (Å²) < 4.78 is 0. The molecule has 2 bridgehead atoms. The van der Waals surface area contributed by atoms with Crippen molar-refractivity contribution in [1.82, 2.24) is 9.88 Å². The molecule has 1 heterocycles. The number of rotatable bonds is 3. The Balaban J connectivity index is 1.74. The minimum absolute atomic E-state index is 0.400. The zero-order chi connectivity index (χ0) is 14.4. The quantitative estimate of drug-likeness (QED) is 0.844. The molecule has 1 aromatic heterocycles. The maximum absolute atomic E-state index is 4.90. The zero-order valence-corrected chi connectivity index (χ0v) is 12.8. The third-order valence-electron chi connectivity index (χ3n) is 5.07. The first-order valence-electron chi connectivity index (χ1n) is 7.89. The van der Waals surface area contributed by atoms with Gasteiger partial charge in [-0.1, -0.05) is 30.3 Å². The van der Waals surface area contributed by atoms with Crippen molar-refractivity contribution < 1.29 is 0 Å². The van der Waals surface area contributed by atoms with Crippen molar-refractivity contribution in [2.45, 2.75) is 19.3 Å². The summed E-state index contributed by atoms with van der Waals surface area (Å²) in [5, 5.41) is 1.23. The summed E-state index contributed by atoms with van der Waals surface area (Å²) in [6.45, 7) is 1.17. The van der Waals surface area contributed by atoms with Gasteiger partial charge in [-0.3, -0.25) is 0 Å². The van der Waals surface area contributed by atoms with Gasteiger partial charge in [0.2, 0.25) is 0 Å². The van der Waals surface area contributed by atoms with Gasteiger partial charge in [-0.15, -0.1) is 0 Å². The van der Waals surface area contributed by atoms with Gasteiger partial charge in [0.1, 0.15) is 0 Å². The van der Waals surface area contributed by atoms with Crippen molar-refractivity contribution >= 4 is 16.5 Å². The first-order valence-corrected chi connectivity index (χ1v) is 7.89. The number of allylic oxidation sites excluding steroid dienone is 1. The Labute approximate surface area is 126 Å². The van der Waals surface area contributed by atoms with Crippen LogP contribution in [0.15, 0.2) is 42.5 Å². The molecule has 2 aliphatic carbocycles. The predicted octanol–water partition coefficient (Wildman–Crippen LogP) is 3.98. The van der Waals surface area contributed by atoms with Crippen LogP contribution in [0, 0.1) is 11.3 Å². The third-order valence-corrected chi connectivity index (χ3v) is 5.07. The molecule has 0 aliphatic heterocycles. The van der Waals surface area contributed by atoms with Gasteiger partial charge in [0.05, 0.1) is 11.2 Å². The van der Waals surface area contributed by atoms with E-state index in [0.717, 1.165) is 11.4 Å². The molecule has 2 unspecified atom stereocenters. The van der Waals surface area contributed by atoms with Gasteiger partial charge < -0.3 is 4.90 Å². The van der Waals surface area contributed by atoms with Gasteiger partial charge in [0.25, 0.3) is 0 Å². The van der Waals surface area contributed by atoms with Gasteiger partial charge in [-0.25, -0.2) is 4.98 Å². The summed E-state index contributed by atoms with van der Waals surface area (Å²) in [5.41, 5.74) is 4.20. The number of benzene rings is 1. The molecule has 1 fully saturated rings. The van der Waals surface area contributed by atoms with Crippen LogP contribution in [0.5, 0.6) is 0 Å². The second kappa shape index (κ2) is 4.67. The highest BCUT2D eigenvalue weighted by Gasteiger charge is 2.45. The smallest absolute Gasteiger partial charge is 0.0709 e. The van der Waals surface area contributed by atoms with Crippen molar-refractivity contribution in [3.05, 3.63) is 48.2 Å². The van der Waals surface area contributed by atoms with Crippen LogP contribution in [0.3, 0.4) is 0 Å². The Kier molecular flexibility index (Phi) is 2.90. The maximum atomic E-state index is 4.90. The number of hydrogen-bond acceptors (Lipinski definition) is 2. The topological polar surface area (TPSA) is 16.1 Å². The molecule has 1 saturated carbocycles. The number of nitrogens with zero attached hydrogens (tertiary/aromatic N) is 2. The highest BCUT2D eigenvalue weighted by molar-refractivity contribution is 5.81. The van der Waals surface area contributed by atoms with E-state index in [1.807, 2.05) is 0 Å². The third kappa shape index (κ3) is 2.18. The number of fused-ring (bicyclic) bond motifs is 3. The van der Waals surface area contributed by atoms with E-state index in [0.29, 0.717) is 5.41 Å². The fourth-order valence-corrected chi connectivity index (χ4v) is 4.33. The second-order valence-electron chi connectivity index (χ2n) is 7.03. The fraction of sp³-hybridized carbons (Fsp3) is 0.421. The van der Waals surface area contributed by atoms with Crippen molar-refractivity contribution in [2.75, 3.05) is 20.6 Å². The Morgan fingerprint density at radius 3 is 2.90 bits per heavy atom. The number of hydrogen-bond donors (Lipinski definition) is 0. The van der Waals surface area contributed by atoms with Crippen LogP contribution in [0.2, 0.25) is 0 Å². The highest BCUT2D eigenvalue weighted by atomic mass is 15.1. The summed E-state index contributed by atoms with van der Waals surface area (Å²) >= 11 is 0. The molecule has 0 radical (unpaired) electrons. The minimum atomic E-state index is 0.400. The van der Waals surface area contributed by atoms with E-state index in [2.05, 4.69) is 61.5 Å². The van der Waals surface area contributed by atoms with E-state index < -0.39 is 0 Å². The highest BCUT2D eigenvalue weighted by Crippen LogP contribution is 2.55. The van der Waals surface area contributed by atoms with Crippen LogP contribution >= 0.6 is 0 Å². The number of aromatic nitrogens is 1.